The number of halogens is 1. The van der Waals surface area contributed by atoms with E-state index in [4.69, 9.17) is 9.47 Å². The van der Waals surface area contributed by atoms with Gasteiger partial charge in [-0.15, -0.1) is 0 Å². The summed E-state index contributed by atoms with van der Waals surface area (Å²) in [5.41, 5.74) is 1.22. The predicted molar refractivity (Wildman–Crippen MR) is 86.9 cm³/mol. The molecule has 112 valence electrons. The Morgan fingerprint density at radius 3 is 2.75 bits per heavy atom. The van der Waals surface area contributed by atoms with Gasteiger partial charge in [0.25, 0.3) is 0 Å². The van der Waals surface area contributed by atoms with Crippen molar-refractivity contribution < 1.29 is 9.47 Å². The molecular formula is C17H25BrO2. The standard InChI is InChI=1S/C17H25BrO2/c1-3-13-6-5-7-15(10-13)20-16-9-8-14(12-18)11-17(16)19-4-2/h8-9,11,13,15H,3-7,10,12H2,1-2H3. The summed E-state index contributed by atoms with van der Waals surface area (Å²) < 4.78 is 12.0. The molecule has 2 nitrogen and oxygen atoms in total. The van der Waals surface area contributed by atoms with Gasteiger partial charge in [0, 0.05) is 5.33 Å². The van der Waals surface area contributed by atoms with Crippen LogP contribution in [0.3, 0.4) is 0 Å². The summed E-state index contributed by atoms with van der Waals surface area (Å²) >= 11 is 3.49. The fourth-order valence-electron chi connectivity index (χ4n) is 2.90. The van der Waals surface area contributed by atoms with Crippen molar-refractivity contribution in [2.24, 2.45) is 5.92 Å². The minimum absolute atomic E-state index is 0.350. The van der Waals surface area contributed by atoms with Gasteiger partial charge in [-0.3, -0.25) is 0 Å². The topological polar surface area (TPSA) is 18.5 Å². The third kappa shape index (κ3) is 4.15. The largest absolute Gasteiger partial charge is 0.490 e. The highest BCUT2D eigenvalue weighted by Gasteiger charge is 2.23. The van der Waals surface area contributed by atoms with E-state index in [0.29, 0.717) is 12.7 Å². The first-order valence-electron chi connectivity index (χ1n) is 7.75. The van der Waals surface area contributed by atoms with Crippen molar-refractivity contribution in [2.45, 2.75) is 57.4 Å². The molecular weight excluding hydrogens is 316 g/mol. The van der Waals surface area contributed by atoms with Crippen molar-refractivity contribution in [2.75, 3.05) is 6.61 Å². The van der Waals surface area contributed by atoms with Crippen LogP contribution in [0.15, 0.2) is 18.2 Å². The first-order valence-corrected chi connectivity index (χ1v) is 8.87. The average molecular weight is 341 g/mol. The fourth-order valence-corrected chi connectivity index (χ4v) is 3.25. The van der Waals surface area contributed by atoms with Crippen LogP contribution in [0.25, 0.3) is 0 Å². The van der Waals surface area contributed by atoms with Crippen LogP contribution in [0, 0.1) is 5.92 Å². The van der Waals surface area contributed by atoms with Gasteiger partial charge in [-0.1, -0.05) is 41.8 Å². The Bertz CT molecular complexity index is 419. The van der Waals surface area contributed by atoms with Gasteiger partial charge in [0.1, 0.15) is 0 Å². The first-order chi connectivity index (χ1) is 9.76. The van der Waals surface area contributed by atoms with Crippen molar-refractivity contribution >= 4 is 15.9 Å². The maximum atomic E-state index is 6.23. The van der Waals surface area contributed by atoms with Gasteiger partial charge in [-0.05, 0) is 49.8 Å². The van der Waals surface area contributed by atoms with Crippen LogP contribution in [0.4, 0.5) is 0 Å². The molecule has 0 radical (unpaired) electrons. The molecule has 1 saturated carbocycles. The highest BCUT2D eigenvalue weighted by atomic mass is 79.9. The number of ether oxygens (including phenoxy) is 2. The Morgan fingerprint density at radius 2 is 2.05 bits per heavy atom. The summed E-state index contributed by atoms with van der Waals surface area (Å²) in [7, 11) is 0. The van der Waals surface area contributed by atoms with E-state index in [-0.39, 0.29) is 0 Å². The quantitative estimate of drug-likeness (QED) is 0.651. The molecule has 0 aromatic heterocycles. The summed E-state index contributed by atoms with van der Waals surface area (Å²) in [6.07, 6.45) is 6.61. The number of alkyl halides is 1. The van der Waals surface area contributed by atoms with Crippen LogP contribution in [0.2, 0.25) is 0 Å². The lowest BCUT2D eigenvalue weighted by molar-refractivity contribution is 0.117. The summed E-state index contributed by atoms with van der Waals surface area (Å²) in [6.45, 7) is 4.96. The maximum absolute atomic E-state index is 6.23. The Labute approximate surface area is 131 Å². The number of hydrogen-bond donors (Lipinski definition) is 0. The van der Waals surface area contributed by atoms with E-state index < -0.39 is 0 Å². The second-order valence-corrected chi connectivity index (χ2v) is 6.09. The Balaban J connectivity index is 2.07. The molecule has 20 heavy (non-hydrogen) atoms. The number of rotatable bonds is 6. The van der Waals surface area contributed by atoms with Crippen molar-refractivity contribution in [3.63, 3.8) is 0 Å². The summed E-state index contributed by atoms with van der Waals surface area (Å²) in [5, 5.41) is 0.842. The molecule has 2 atom stereocenters. The van der Waals surface area contributed by atoms with E-state index in [2.05, 4.69) is 41.1 Å². The molecule has 0 N–H and O–H groups in total. The summed E-state index contributed by atoms with van der Waals surface area (Å²) in [5.74, 6) is 2.60. The molecule has 1 fully saturated rings. The number of hydrogen-bond acceptors (Lipinski definition) is 2. The van der Waals surface area contributed by atoms with Crippen LogP contribution < -0.4 is 9.47 Å². The van der Waals surface area contributed by atoms with Gasteiger partial charge in [0.15, 0.2) is 11.5 Å². The van der Waals surface area contributed by atoms with E-state index in [1.54, 1.807) is 0 Å². The van der Waals surface area contributed by atoms with Crippen LogP contribution in [-0.2, 0) is 5.33 Å². The van der Waals surface area contributed by atoms with Crippen LogP contribution >= 0.6 is 15.9 Å². The smallest absolute Gasteiger partial charge is 0.161 e. The molecule has 1 aromatic carbocycles. The first kappa shape index (κ1) is 15.7. The molecule has 0 spiro atoms. The third-order valence-corrected chi connectivity index (χ3v) is 4.72. The van der Waals surface area contributed by atoms with Gasteiger partial charge in [-0.25, -0.2) is 0 Å². The molecule has 3 heteroatoms. The molecule has 1 aliphatic carbocycles. The molecule has 2 rings (SSSR count). The normalized spacial score (nSPS) is 22.6. The van der Waals surface area contributed by atoms with E-state index in [1.165, 1.54) is 37.7 Å². The second-order valence-electron chi connectivity index (χ2n) is 5.53. The Kier molecular flexibility index (Phi) is 6.21. The maximum Gasteiger partial charge on any atom is 0.161 e. The molecule has 1 aromatic rings. The summed E-state index contributed by atoms with van der Waals surface area (Å²) in [6, 6.07) is 6.23. The zero-order valence-corrected chi connectivity index (χ0v) is 14.1. The SMILES string of the molecule is CCOc1cc(CBr)ccc1OC1CCCC(CC)C1. The number of benzene rings is 1. The molecule has 0 saturated heterocycles. The van der Waals surface area contributed by atoms with Crippen molar-refractivity contribution in [3.8, 4) is 11.5 Å². The van der Waals surface area contributed by atoms with Gasteiger partial charge in [0.05, 0.1) is 12.7 Å². The highest BCUT2D eigenvalue weighted by Crippen LogP contribution is 2.34. The van der Waals surface area contributed by atoms with Gasteiger partial charge in [-0.2, -0.15) is 0 Å². The molecule has 0 bridgehead atoms. The molecule has 2 unspecified atom stereocenters. The lowest BCUT2D eigenvalue weighted by Crippen LogP contribution is -2.25. The van der Waals surface area contributed by atoms with E-state index in [1.807, 2.05) is 6.92 Å². The molecule has 0 heterocycles. The average Bonchev–Trinajstić information content (AvgIpc) is 2.49. The third-order valence-electron chi connectivity index (χ3n) is 4.07. The minimum atomic E-state index is 0.350. The predicted octanol–water partition coefficient (Wildman–Crippen LogP) is 5.33. The summed E-state index contributed by atoms with van der Waals surface area (Å²) in [4.78, 5) is 0. The van der Waals surface area contributed by atoms with E-state index in [9.17, 15) is 0 Å². The van der Waals surface area contributed by atoms with Crippen LogP contribution in [0.5, 0.6) is 11.5 Å². The van der Waals surface area contributed by atoms with Gasteiger partial charge < -0.3 is 9.47 Å². The zero-order chi connectivity index (χ0) is 14.4. The van der Waals surface area contributed by atoms with Crippen molar-refractivity contribution in [1.82, 2.24) is 0 Å². The lowest BCUT2D eigenvalue weighted by Gasteiger charge is -2.29. The van der Waals surface area contributed by atoms with E-state index in [0.717, 1.165) is 22.7 Å². The van der Waals surface area contributed by atoms with Gasteiger partial charge in [0.2, 0.25) is 0 Å². The fraction of sp³-hybridized carbons (Fsp3) is 0.647. The lowest BCUT2D eigenvalue weighted by atomic mass is 9.85. The van der Waals surface area contributed by atoms with Crippen molar-refractivity contribution in [1.29, 1.82) is 0 Å². The Morgan fingerprint density at radius 1 is 1.20 bits per heavy atom. The highest BCUT2D eigenvalue weighted by molar-refractivity contribution is 9.08. The minimum Gasteiger partial charge on any atom is -0.490 e. The molecule has 1 aliphatic rings. The monoisotopic (exact) mass is 340 g/mol. The van der Waals surface area contributed by atoms with Crippen LogP contribution in [0.1, 0.15) is 51.5 Å². The van der Waals surface area contributed by atoms with Gasteiger partial charge >= 0.3 is 0 Å². The second kappa shape index (κ2) is 7.92. The van der Waals surface area contributed by atoms with Crippen molar-refractivity contribution in [3.05, 3.63) is 23.8 Å². The van der Waals surface area contributed by atoms with E-state index >= 15 is 0 Å². The Hall–Kier alpha value is -0.700. The zero-order valence-electron chi connectivity index (χ0n) is 12.5. The van der Waals surface area contributed by atoms with Crippen LogP contribution in [-0.4, -0.2) is 12.7 Å². The molecule has 0 amide bonds. The molecule has 0 aliphatic heterocycles.